The highest BCUT2D eigenvalue weighted by Crippen LogP contribution is 2.50. The van der Waals surface area contributed by atoms with E-state index in [1.165, 1.54) is 5.80 Å². The molecular formula is C27H23O2P. The van der Waals surface area contributed by atoms with Gasteiger partial charge in [-0.3, -0.25) is 4.79 Å². The quantitative estimate of drug-likeness (QED) is 0.377. The van der Waals surface area contributed by atoms with Gasteiger partial charge >= 0.3 is 0 Å². The third kappa shape index (κ3) is 3.50. The number of hydrogen-bond acceptors (Lipinski definition) is 2. The van der Waals surface area contributed by atoms with E-state index in [2.05, 4.69) is 45.3 Å². The summed E-state index contributed by atoms with van der Waals surface area (Å²) in [6.45, 7) is 0. The van der Waals surface area contributed by atoms with Gasteiger partial charge < -0.3 is 4.74 Å². The molecule has 0 saturated heterocycles. The SMILES string of the molecule is COC1(c2ccccc2)C=CC(C(=O)C=P)C(c2ccccc2)=C1c1ccccc1. The molecule has 0 aliphatic heterocycles. The topological polar surface area (TPSA) is 26.3 Å². The molecule has 0 saturated carbocycles. The Balaban J connectivity index is 2.12. The van der Waals surface area contributed by atoms with Crippen molar-refractivity contribution in [2.45, 2.75) is 5.60 Å². The van der Waals surface area contributed by atoms with E-state index in [1.807, 2.05) is 66.7 Å². The number of allylic oxidation sites excluding steroid dienone is 2. The second-order valence-corrected chi connectivity index (χ2v) is 7.50. The van der Waals surface area contributed by atoms with Gasteiger partial charge in [0.15, 0.2) is 5.78 Å². The number of rotatable bonds is 6. The normalized spacial score (nSPS) is 20.8. The molecule has 2 nitrogen and oxygen atoms in total. The first-order valence-corrected chi connectivity index (χ1v) is 10.5. The summed E-state index contributed by atoms with van der Waals surface area (Å²) in [6, 6.07) is 30.4. The molecule has 0 N–H and O–H groups in total. The van der Waals surface area contributed by atoms with Crippen LogP contribution in [0.5, 0.6) is 0 Å². The van der Waals surface area contributed by atoms with Gasteiger partial charge in [0.1, 0.15) is 5.60 Å². The number of ether oxygens (including phenoxy) is 1. The van der Waals surface area contributed by atoms with Crippen LogP contribution in [0, 0.1) is 5.92 Å². The summed E-state index contributed by atoms with van der Waals surface area (Å²) in [7, 11) is 5.03. The molecule has 1 aliphatic rings. The average molecular weight is 410 g/mol. The molecule has 0 heterocycles. The zero-order valence-corrected chi connectivity index (χ0v) is 17.8. The molecule has 2 atom stereocenters. The second kappa shape index (κ2) is 8.75. The van der Waals surface area contributed by atoms with Gasteiger partial charge in [0.25, 0.3) is 0 Å². The van der Waals surface area contributed by atoms with Crippen LogP contribution in [-0.2, 0) is 15.1 Å². The summed E-state index contributed by atoms with van der Waals surface area (Å²) in [5.74, 6) is 1.04. The van der Waals surface area contributed by atoms with Gasteiger partial charge in [-0.1, -0.05) is 97.1 Å². The number of carbonyl (C=O) groups is 1. The molecule has 148 valence electrons. The van der Waals surface area contributed by atoms with Crippen molar-refractivity contribution in [3.8, 4) is 0 Å². The number of Topliss-reactive ketones (excluding diaryl/α,β-unsaturated/α-hetero) is 1. The molecule has 3 aromatic rings. The van der Waals surface area contributed by atoms with Crippen molar-refractivity contribution in [2.75, 3.05) is 7.11 Å². The molecule has 3 heteroatoms. The highest BCUT2D eigenvalue weighted by atomic mass is 31.0. The number of benzene rings is 3. The fraction of sp³-hybridized carbons (Fsp3) is 0.111. The van der Waals surface area contributed by atoms with Gasteiger partial charge in [-0.15, -0.1) is 8.86 Å². The van der Waals surface area contributed by atoms with E-state index >= 15 is 0 Å². The average Bonchev–Trinajstić information content (AvgIpc) is 2.84. The van der Waals surface area contributed by atoms with Crippen LogP contribution in [0.3, 0.4) is 0 Å². The Morgan fingerprint density at radius 3 is 1.93 bits per heavy atom. The Labute approximate surface area is 179 Å². The first kappa shape index (κ1) is 20.2. The van der Waals surface area contributed by atoms with Gasteiger partial charge in [-0.2, -0.15) is 0 Å². The van der Waals surface area contributed by atoms with Crippen molar-refractivity contribution >= 4 is 31.6 Å². The summed E-state index contributed by atoms with van der Waals surface area (Å²) in [5.41, 5.74) is 4.18. The van der Waals surface area contributed by atoms with E-state index in [0.717, 1.165) is 27.8 Å². The molecule has 0 aromatic heterocycles. The molecule has 3 aromatic carbocycles. The molecule has 30 heavy (non-hydrogen) atoms. The second-order valence-electron chi connectivity index (χ2n) is 7.21. The van der Waals surface area contributed by atoms with Crippen LogP contribution in [0.25, 0.3) is 11.1 Å². The largest absolute Gasteiger partial charge is 0.365 e. The molecule has 2 unspecified atom stereocenters. The van der Waals surface area contributed by atoms with Crippen molar-refractivity contribution in [3.63, 3.8) is 0 Å². The highest BCUT2D eigenvalue weighted by molar-refractivity contribution is 7.22. The Kier molecular flexibility index (Phi) is 5.90. The molecule has 0 fully saturated rings. The zero-order chi connectivity index (χ0) is 21.0. The number of ketones is 1. The molecule has 1 aliphatic carbocycles. The summed E-state index contributed by atoms with van der Waals surface area (Å²) >= 11 is 0. The van der Waals surface area contributed by atoms with E-state index in [1.54, 1.807) is 7.11 Å². The lowest BCUT2D eigenvalue weighted by atomic mass is 9.70. The van der Waals surface area contributed by atoms with E-state index < -0.39 is 11.5 Å². The summed E-state index contributed by atoms with van der Waals surface area (Å²) < 4.78 is 6.27. The van der Waals surface area contributed by atoms with Gasteiger partial charge in [-0.05, 0) is 28.3 Å². The molecule has 0 bridgehead atoms. The lowest BCUT2D eigenvalue weighted by Gasteiger charge is -2.39. The monoisotopic (exact) mass is 410 g/mol. The van der Waals surface area contributed by atoms with E-state index in [9.17, 15) is 4.79 Å². The minimum atomic E-state index is -0.809. The summed E-state index contributed by atoms with van der Waals surface area (Å²) in [5, 5.41) is 0. The predicted octanol–water partition coefficient (Wildman–Crippen LogP) is 5.84. The Morgan fingerprint density at radius 2 is 1.40 bits per heavy atom. The van der Waals surface area contributed by atoms with Gasteiger partial charge in [0, 0.05) is 18.5 Å². The molecule has 0 spiro atoms. The maximum atomic E-state index is 12.9. The third-order valence-electron chi connectivity index (χ3n) is 5.60. The fourth-order valence-corrected chi connectivity index (χ4v) is 4.40. The van der Waals surface area contributed by atoms with Gasteiger partial charge in [0.05, 0.1) is 5.92 Å². The number of methoxy groups -OCH3 is 1. The Morgan fingerprint density at radius 1 is 0.867 bits per heavy atom. The first-order valence-electron chi connectivity index (χ1n) is 9.91. The minimum absolute atomic E-state index is 0.00651. The van der Waals surface area contributed by atoms with Crippen LogP contribution in [0.15, 0.2) is 103 Å². The maximum absolute atomic E-state index is 12.9. The molecule has 0 radical (unpaired) electrons. The number of carbonyl (C=O) groups excluding carboxylic acids is 1. The van der Waals surface area contributed by atoms with Crippen molar-refractivity contribution in [1.29, 1.82) is 0 Å². The zero-order valence-electron chi connectivity index (χ0n) is 16.8. The maximum Gasteiger partial charge on any atom is 0.170 e. The smallest absolute Gasteiger partial charge is 0.170 e. The van der Waals surface area contributed by atoms with Crippen LogP contribution < -0.4 is 0 Å². The van der Waals surface area contributed by atoms with Crippen LogP contribution in [0.2, 0.25) is 0 Å². The Bertz CT molecular complexity index is 1100. The summed E-state index contributed by atoms with van der Waals surface area (Å²) in [4.78, 5) is 12.9. The predicted molar refractivity (Wildman–Crippen MR) is 127 cm³/mol. The lowest BCUT2D eigenvalue weighted by Crippen LogP contribution is -2.34. The van der Waals surface area contributed by atoms with E-state index in [4.69, 9.17) is 4.74 Å². The Hall–Kier alpha value is -3.06. The van der Waals surface area contributed by atoms with Gasteiger partial charge in [0.2, 0.25) is 0 Å². The first-order chi connectivity index (χ1) is 14.7. The number of hydrogen-bond donors (Lipinski definition) is 0. The minimum Gasteiger partial charge on any atom is -0.365 e. The van der Waals surface area contributed by atoms with Crippen LogP contribution in [0.4, 0.5) is 0 Å². The molecule has 0 amide bonds. The molecule has 4 rings (SSSR count). The van der Waals surface area contributed by atoms with Crippen molar-refractivity contribution in [2.24, 2.45) is 5.92 Å². The van der Waals surface area contributed by atoms with E-state index in [-0.39, 0.29) is 5.78 Å². The standard InChI is InChI=1S/C27H23O2P/c1-29-27(22-15-9-4-10-16-22)18-17-23(24(28)19-30)25(20-11-5-2-6-12-20)26(27)21-13-7-3-8-14-21/h2-19,23,30H,1H3. The third-order valence-corrected chi connectivity index (χ3v) is 5.88. The fourth-order valence-electron chi connectivity index (χ4n) is 4.22. The van der Waals surface area contributed by atoms with Crippen molar-refractivity contribution in [1.82, 2.24) is 0 Å². The highest BCUT2D eigenvalue weighted by Gasteiger charge is 2.42. The van der Waals surface area contributed by atoms with Crippen molar-refractivity contribution < 1.29 is 9.53 Å². The van der Waals surface area contributed by atoms with E-state index in [0.29, 0.717) is 0 Å². The van der Waals surface area contributed by atoms with Crippen LogP contribution >= 0.6 is 8.86 Å². The summed E-state index contributed by atoms with van der Waals surface area (Å²) in [6.07, 6.45) is 3.99. The van der Waals surface area contributed by atoms with Gasteiger partial charge in [-0.25, -0.2) is 0 Å². The van der Waals surface area contributed by atoms with Crippen LogP contribution in [-0.4, -0.2) is 18.7 Å². The van der Waals surface area contributed by atoms with Crippen LogP contribution in [0.1, 0.15) is 16.7 Å². The molecular weight excluding hydrogens is 387 g/mol. The van der Waals surface area contributed by atoms with Crippen molar-refractivity contribution in [3.05, 3.63) is 120 Å². The lowest BCUT2D eigenvalue weighted by molar-refractivity contribution is -0.113.